The molecule has 8 nitrogen and oxygen atoms in total. The van der Waals surface area contributed by atoms with Gasteiger partial charge in [-0.25, -0.2) is 4.68 Å². The van der Waals surface area contributed by atoms with Crippen LogP contribution >= 0.6 is 0 Å². The molecule has 0 N–H and O–H groups in total. The minimum atomic E-state index is 0.740. The minimum absolute atomic E-state index is 0.740. The summed E-state index contributed by atoms with van der Waals surface area (Å²) in [6.07, 6.45) is 0. The highest BCUT2D eigenvalue weighted by atomic mass is 15.5. The second-order valence-electron chi connectivity index (χ2n) is 5.40. The SMILES string of the molecule is CCn1nc(C)c(C)c1/N=N/c1c(C)nn2nc(C)n(C)c12. The minimum Gasteiger partial charge on any atom is -0.313 e. The molecule has 0 radical (unpaired) electrons. The number of hydrogen-bond donors (Lipinski definition) is 0. The molecule has 0 amide bonds. The quantitative estimate of drug-likeness (QED) is 0.698. The summed E-state index contributed by atoms with van der Waals surface area (Å²) in [6.45, 7) is 10.6. The Hall–Kier alpha value is -2.51. The average molecular weight is 300 g/mol. The van der Waals surface area contributed by atoms with E-state index in [1.807, 2.05) is 50.9 Å². The standard InChI is InChI=1S/C14H20N8/c1-7-21-13(8(2)9(3)17-21)16-15-12-10(4)18-22-14(12)20(6)11(5)19-22/h7H2,1-6H3/b16-15+. The number of aromatic nitrogens is 6. The molecule has 22 heavy (non-hydrogen) atoms. The zero-order chi connectivity index (χ0) is 16.0. The first-order valence-corrected chi connectivity index (χ1v) is 7.28. The average Bonchev–Trinajstić information content (AvgIpc) is 3.03. The van der Waals surface area contributed by atoms with E-state index in [1.165, 1.54) is 0 Å². The molecule has 0 aliphatic carbocycles. The monoisotopic (exact) mass is 300 g/mol. The van der Waals surface area contributed by atoms with Crippen LogP contribution in [0.2, 0.25) is 0 Å². The molecule has 0 unspecified atom stereocenters. The Morgan fingerprint density at radius 3 is 2.36 bits per heavy atom. The molecule has 3 aromatic heterocycles. The predicted octanol–water partition coefficient (Wildman–Crippen LogP) is 2.93. The maximum Gasteiger partial charge on any atom is 0.186 e. The zero-order valence-electron chi connectivity index (χ0n) is 13.8. The highest BCUT2D eigenvalue weighted by Gasteiger charge is 2.16. The maximum atomic E-state index is 4.46. The largest absolute Gasteiger partial charge is 0.313 e. The molecule has 8 heteroatoms. The molecule has 0 aliphatic rings. The van der Waals surface area contributed by atoms with Crippen LogP contribution in [0.3, 0.4) is 0 Å². The van der Waals surface area contributed by atoms with Crippen molar-refractivity contribution in [3.8, 4) is 0 Å². The fraction of sp³-hybridized carbons (Fsp3) is 0.500. The van der Waals surface area contributed by atoms with Crippen LogP contribution in [0.1, 0.15) is 29.7 Å². The predicted molar refractivity (Wildman–Crippen MR) is 83.0 cm³/mol. The van der Waals surface area contributed by atoms with Crippen molar-refractivity contribution in [2.24, 2.45) is 17.3 Å². The zero-order valence-corrected chi connectivity index (χ0v) is 13.8. The van der Waals surface area contributed by atoms with Gasteiger partial charge in [-0.3, -0.25) is 0 Å². The lowest BCUT2D eigenvalue weighted by atomic mass is 10.3. The van der Waals surface area contributed by atoms with Crippen LogP contribution < -0.4 is 0 Å². The van der Waals surface area contributed by atoms with Crippen molar-refractivity contribution in [2.45, 2.75) is 41.2 Å². The van der Waals surface area contributed by atoms with Gasteiger partial charge in [0.2, 0.25) is 0 Å². The van der Waals surface area contributed by atoms with Gasteiger partial charge in [-0.15, -0.1) is 20.0 Å². The fourth-order valence-corrected chi connectivity index (χ4v) is 2.43. The van der Waals surface area contributed by atoms with Gasteiger partial charge in [0.05, 0.1) is 11.4 Å². The molecular weight excluding hydrogens is 280 g/mol. The molecule has 0 saturated carbocycles. The van der Waals surface area contributed by atoms with Gasteiger partial charge in [-0.1, -0.05) is 0 Å². The number of azo groups is 1. The van der Waals surface area contributed by atoms with E-state index in [1.54, 1.807) is 4.63 Å². The summed E-state index contributed by atoms with van der Waals surface area (Å²) in [7, 11) is 1.95. The summed E-state index contributed by atoms with van der Waals surface area (Å²) in [5.41, 5.74) is 4.41. The smallest absolute Gasteiger partial charge is 0.186 e. The lowest BCUT2D eigenvalue weighted by Crippen LogP contribution is -1.95. The van der Waals surface area contributed by atoms with Gasteiger partial charge >= 0.3 is 0 Å². The van der Waals surface area contributed by atoms with Crippen LogP contribution in [-0.4, -0.2) is 29.2 Å². The third-order valence-corrected chi connectivity index (χ3v) is 3.97. The molecule has 3 rings (SSSR count). The number of nitrogens with zero attached hydrogens (tertiary/aromatic N) is 8. The molecule has 0 aromatic carbocycles. The van der Waals surface area contributed by atoms with Gasteiger partial charge in [0.1, 0.15) is 5.82 Å². The summed E-state index contributed by atoms with van der Waals surface area (Å²) in [5, 5.41) is 22.1. The van der Waals surface area contributed by atoms with Crippen LogP contribution in [0.5, 0.6) is 0 Å². The van der Waals surface area contributed by atoms with Crippen molar-refractivity contribution in [3.05, 3.63) is 22.8 Å². The molecule has 116 valence electrons. The van der Waals surface area contributed by atoms with Gasteiger partial charge < -0.3 is 4.57 Å². The van der Waals surface area contributed by atoms with E-state index in [0.717, 1.165) is 46.5 Å². The Kier molecular flexibility index (Phi) is 3.31. The highest BCUT2D eigenvalue weighted by molar-refractivity contribution is 5.67. The van der Waals surface area contributed by atoms with E-state index < -0.39 is 0 Å². The lowest BCUT2D eigenvalue weighted by Gasteiger charge is -1.99. The number of rotatable bonds is 3. The first kappa shape index (κ1) is 14.4. The maximum absolute atomic E-state index is 4.46. The Bertz CT molecular complexity index is 877. The van der Waals surface area contributed by atoms with E-state index in [9.17, 15) is 0 Å². The van der Waals surface area contributed by atoms with Crippen molar-refractivity contribution in [2.75, 3.05) is 0 Å². The number of fused-ring (bicyclic) bond motifs is 1. The molecule has 0 atom stereocenters. The fourth-order valence-electron chi connectivity index (χ4n) is 2.43. The van der Waals surface area contributed by atoms with Crippen molar-refractivity contribution in [1.82, 2.24) is 29.2 Å². The van der Waals surface area contributed by atoms with Crippen LogP contribution in [-0.2, 0) is 13.6 Å². The topological polar surface area (TPSA) is 77.7 Å². The molecule has 3 aromatic rings. The van der Waals surface area contributed by atoms with E-state index in [0.29, 0.717) is 0 Å². The van der Waals surface area contributed by atoms with Crippen LogP contribution in [0.25, 0.3) is 5.65 Å². The molecule has 0 aliphatic heterocycles. The summed E-state index contributed by atoms with van der Waals surface area (Å²) < 4.78 is 5.43. The van der Waals surface area contributed by atoms with Crippen LogP contribution in [0.15, 0.2) is 10.2 Å². The second kappa shape index (κ2) is 5.04. The van der Waals surface area contributed by atoms with E-state index >= 15 is 0 Å². The Balaban J connectivity index is 2.12. The van der Waals surface area contributed by atoms with E-state index in [4.69, 9.17) is 0 Å². The van der Waals surface area contributed by atoms with Gasteiger partial charge in [0.25, 0.3) is 0 Å². The molecule has 0 fully saturated rings. The molecule has 0 bridgehead atoms. The third kappa shape index (κ3) is 2.02. The number of aryl methyl sites for hydroxylation is 5. The van der Waals surface area contributed by atoms with E-state index in [2.05, 4.69) is 25.5 Å². The van der Waals surface area contributed by atoms with Gasteiger partial charge in [-0.2, -0.15) is 10.2 Å². The lowest BCUT2D eigenvalue weighted by molar-refractivity contribution is 0.654. The van der Waals surface area contributed by atoms with Crippen molar-refractivity contribution >= 4 is 17.2 Å². The highest BCUT2D eigenvalue weighted by Crippen LogP contribution is 2.29. The second-order valence-corrected chi connectivity index (χ2v) is 5.40. The Morgan fingerprint density at radius 1 is 0.955 bits per heavy atom. The summed E-state index contributed by atoms with van der Waals surface area (Å²) >= 11 is 0. The summed E-state index contributed by atoms with van der Waals surface area (Å²) in [6, 6.07) is 0. The molecular formula is C14H20N8. The first-order valence-electron chi connectivity index (χ1n) is 7.28. The Labute approximate surface area is 128 Å². The van der Waals surface area contributed by atoms with Gasteiger partial charge in [-0.05, 0) is 34.6 Å². The van der Waals surface area contributed by atoms with Gasteiger partial charge in [0.15, 0.2) is 17.2 Å². The summed E-state index contributed by atoms with van der Waals surface area (Å²) in [5.74, 6) is 1.67. The normalized spacial score (nSPS) is 12.1. The van der Waals surface area contributed by atoms with Crippen LogP contribution in [0, 0.1) is 27.7 Å². The molecule has 3 heterocycles. The molecule has 0 saturated heterocycles. The summed E-state index contributed by atoms with van der Waals surface area (Å²) in [4.78, 5) is 0. The number of hydrogen-bond acceptors (Lipinski definition) is 5. The van der Waals surface area contributed by atoms with Crippen molar-refractivity contribution in [3.63, 3.8) is 0 Å². The first-order chi connectivity index (χ1) is 10.4. The van der Waals surface area contributed by atoms with Crippen molar-refractivity contribution < 1.29 is 0 Å². The van der Waals surface area contributed by atoms with E-state index in [-0.39, 0.29) is 0 Å². The molecule has 0 spiro atoms. The Morgan fingerprint density at radius 2 is 1.68 bits per heavy atom. The van der Waals surface area contributed by atoms with Gasteiger partial charge in [0, 0.05) is 19.2 Å². The third-order valence-electron chi connectivity index (χ3n) is 3.97. The van der Waals surface area contributed by atoms with Crippen molar-refractivity contribution in [1.29, 1.82) is 0 Å². The van der Waals surface area contributed by atoms with Crippen LogP contribution in [0.4, 0.5) is 11.5 Å².